The Kier molecular flexibility index (Phi) is 6.26. The number of benzene rings is 2. The summed E-state index contributed by atoms with van der Waals surface area (Å²) in [6.45, 7) is 1.79. The molecule has 0 spiro atoms. The van der Waals surface area contributed by atoms with E-state index in [0.717, 1.165) is 5.56 Å². The minimum Gasteiger partial charge on any atom is -0.495 e. The summed E-state index contributed by atoms with van der Waals surface area (Å²) in [4.78, 5) is 0.0832. The van der Waals surface area contributed by atoms with Crippen molar-refractivity contribution in [3.63, 3.8) is 0 Å². The number of hydrogen-bond donors (Lipinski definition) is 1. The zero-order valence-corrected chi connectivity index (χ0v) is 18.9. The van der Waals surface area contributed by atoms with Crippen LogP contribution in [0.3, 0.4) is 0 Å². The van der Waals surface area contributed by atoms with Gasteiger partial charge in [0.1, 0.15) is 12.4 Å². The molecule has 0 fully saturated rings. The highest BCUT2D eigenvalue weighted by Crippen LogP contribution is 2.30. The van der Waals surface area contributed by atoms with Gasteiger partial charge in [0.25, 0.3) is 0 Å². The lowest BCUT2D eigenvalue weighted by Crippen LogP contribution is -2.29. The number of methoxy groups -OCH3 is 1. The van der Waals surface area contributed by atoms with Gasteiger partial charge in [-0.05, 0) is 30.7 Å². The van der Waals surface area contributed by atoms with Crippen molar-refractivity contribution in [3.8, 4) is 23.0 Å². The fourth-order valence-electron chi connectivity index (χ4n) is 3.11. The van der Waals surface area contributed by atoms with Crippen LogP contribution in [0.4, 0.5) is 0 Å². The van der Waals surface area contributed by atoms with Crippen molar-refractivity contribution in [2.45, 2.75) is 11.8 Å². The number of nitrogens with zero attached hydrogens (tertiary/aromatic N) is 4. The van der Waals surface area contributed by atoms with Crippen LogP contribution in [0.25, 0.3) is 17.0 Å². The molecule has 0 aliphatic heterocycles. The third-order valence-corrected chi connectivity index (χ3v) is 6.55. The summed E-state index contributed by atoms with van der Waals surface area (Å²) < 4.78 is 40.2. The second-order valence-electron chi connectivity index (χ2n) is 6.83. The number of aromatic nitrogens is 4. The minimum absolute atomic E-state index is 0.0405. The Morgan fingerprint density at radius 1 is 1.09 bits per heavy atom. The lowest BCUT2D eigenvalue weighted by atomic mass is 10.2. The monoisotopic (exact) mass is 473 g/mol. The number of ether oxygens (including phenoxy) is 2. The molecule has 166 valence electrons. The van der Waals surface area contributed by atoms with Gasteiger partial charge in [0, 0.05) is 18.2 Å². The first kappa shape index (κ1) is 22.0. The van der Waals surface area contributed by atoms with Crippen LogP contribution in [0, 0.1) is 6.92 Å². The van der Waals surface area contributed by atoms with Crippen molar-refractivity contribution in [1.29, 1.82) is 0 Å². The summed E-state index contributed by atoms with van der Waals surface area (Å²) in [6, 6.07) is 15.9. The number of sulfonamides is 1. The summed E-state index contributed by atoms with van der Waals surface area (Å²) in [7, 11) is -2.31. The van der Waals surface area contributed by atoms with Crippen molar-refractivity contribution >= 4 is 27.3 Å². The highest BCUT2D eigenvalue weighted by molar-refractivity contribution is 7.89. The molecule has 0 saturated carbocycles. The maximum absolute atomic E-state index is 12.7. The van der Waals surface area contributed by atoms with Crippen LogP contribution in [0.2, 0.25) is 5.02 Å². The van der Waals surface area contributed by atoms with E-state index in [1.165, 1.54) is 13.2 Å². The van der Waals surface area contributed by atoms with Gasteiger partial charge < -0.3 is 9.47 Å². The molecule has 0 bridgehead atoms. The van der Waals surface area contributed by atoms with Gasteiger partial charge in [0.15, 0.2) is 11.5 Å². The molecule has 0 unspecified atom stereocenters. The average Bonchev–Trinajstić information content (AvgIpc) is 3.22. The molecule has 0 saturated heterocycles. The molecule has 4 aromatic rings. The highest BCUT2D eigenvalue weighted by atomic mass is 35.5. The SMILES string of the molecule is COc1cc(C)c(S(=O)(=O)NCCOc2ccc3nnc(-c4ccccc4)n3n2)cc1Cl. The van der Waals surface area contributed by atoms with E-state index in [4.69, 9.17) is 21.1 Å². The predicted octanol–water partition coefficient (Wildman–Crippen LogP) is 3.12. The van der Waals surface area contributed by atoms with Crippen LogP contribution < -0.4 is 14.2 Å². The molecule has 0 amide bonds. The van der Waals surface area contributed by atoms with E-state index in [-0.39, 0.29) is 23.1 Å². The molecule has 2 aromatic heterocycles. The predicted molar refractivity (Wildman–Crippen MR) is 120 cm³/mol. The van der Waals surface area contributed by atoms with Gasteiger partial charge >= 0.3 is 0 Å². The maximum Gasteiger partial charge on any atom is 0.241 e. The lowest BCUT2D eigenvalue weighted by molar-refractivity contribution is 0.306. The highest BCUT2D eigenvalue weighted by Gasteiger charge is 2.19. The van der Waals surface area contributed by atoms with E-state index in [1.807, 2.05) is 30.3 Å². The van der Waals surface area contributed by atoms with Crippen LogP contribution in [-0.2, 0) is 10.0 Å². The molecule has 32 heavy (non-hydrogen) atoms. The first-order valence-corrected chi connectivity index (χ1v) is 11.5. The molecule has 9 nitrogen and oxygen atoms in total. The number of nitrogens with one attached hydrogen (secondary N) is 1. The Morgan fingerprint density at radius 2 is 1.88 bits per heavy atom. The van der Waals surface area contributed by atoms with Crippen LogP contribution in [0.5, 0.6) is 11.6 Å². The average molecular weight is 474 g/mol. The summed E-state index contributed by atoms with van der Waals surface area (Å²) >= 11 is 6.08. The number of fused-ring (bicyclic) bond motifs is 1. The molecule has 2 heterocycles. The Labute approximate surface area is 190 Å². The Hall–Kier alpha value is -3.21. The fourth-order valence-corrected chi connectivity index (χ4v) is 4.68. The quantitative estimate of drug-likeness (QED) is 0.392. The van der Waals surface area contributed by atoms with Crippen molar-refractivity contribution in [1.82, 2.24) is 24.5 Å². The molecule has 2 aromatic carbocycles. The number of rotatable bonds is 8. The van der Waals surface area contributed by atoms with Crippen LogP contribution in [0.15, 0.2) is 59.5 Å². The number of aryl methyl sites for hydroxylation is 1. The van der Waals surface area contributed by atoms with Gasteiger partial charge in [-0.3, -0.25) is 0 Å². The molecule has 0 atom stereocenters. The Balaban J connectivity index is 1.43. The molecular weight excluding hydrogens is 454 g/mol. The van der Waals surface area contributed by atoms with Crippen LogP contribution >= 0.6 is 11.6 Å². The summed E-state index contributed by atoms with van der Waals surface area (Å²) in [6.07, 6.45) is 0. The van der Waals surface area contributed by atoms with Crippen molar-refractivity contribution < 1.29 is 17.9 Å². The molecule has 0 aliphatic rings. The van der Waals surface area contributed by atoms with Gasteiger partial charge in [-0.15, -0.1) is 15.3 Å². The summed E-state index contributed by atoms with van der Waals surface area (Å²) in [5, 5.41) is 12.9. The normalized spacial score (nSPS) is 11.6. The van der Waals surface area contributed by atoms with Crippen LogP contribution in [-0.4, -0.2) is 48.5 Å². The van der Waals surface area contributed by atoms with Crippen molar-refractivity contribution in [3.05, 3.63) is 65.2 Å². The first-order valence-electron chi connectivity index (χ1n) is 9.63. The third-order valence-electron chi connectivity index (χ3n) is 4.65. The summed E-state index contributed by atoms with van der Waals surface area (Å²) in [5.74, 6) is 1.31. The van der Waals surface area contributed by atoms with Crippen molar-refractivity contribution in [2.75, 3.05) is 20.3 Å². The Bertz CT molecular complexity index is 1360. The van der Waals surface area contributed by atoms with Crippen LogP contribution in [0.1, 0.15) is 5.56 Å². The molecule has 11 heteroatoms. The second-order valence-corrected chi connectivity index (χ2v) is 8.97. The van der Waals surface area contributed by atoms with Crippen molar-refractivity contribution in [2.24, 2.45) is 0 Å². The van der Waals surface area contributed by atoms with E-state index in [2.05, 4.69) is 20.0 Å². The largest absolute Gasteiger partial charge is 0.495 e. The first-order chi connectivity index (χ1) is 15.4. The topological polar surface area (TPSA) is 108 Å². The molecule has 0 aliphatic carbocycles. The van der Waals surface area contributed by atoms with Gasteiger partial charge in [-0.2, -0.15) is 4.52 Å². The van der Waals surface area contributed by atoms with Gasteiger partial charge in [0.2, 0.25) is 15.9 Å². The Morgan fingerprint density at radius 3 is 2.62 bits per heavy atom. The third kappa shape index (κ3) is 4.52. The van der Waals surface area contributed by atoms with Gasteiger partial charge in [-0.1, -0.05) is 41.9 Å². The van der Waals surface area contributed by atoms with Gasteiger partial charge in [0.05, 0.1) is 17.0 Å². The standard InChI is InChI=1S/C21H20ClN5O4S/c1-14-12-17(30-2)16(22)13-18(14)32(28,29)23-10-11-31-20-9-8-19-24-25-21(27(19)26-20)15-6-4-3-5-7-15/h3-9,12-13,23H,10-11H2,1-2H3. The van der Waals surface area contributed by atoms with E-state index in [0.29, 0.717) is 28.7 Å². The molecule has 4 rings (SSSR count). The zero-order chi connectivity index (χ0) is 22.7. The number of hydrogen-bond acceptors (Lipinski definition) is 7. The summed E-state index contributed by atoms with van der Waals surface area (Å²) in [5.41, 5.74) is 1.96. The fraction of sp³-hybridized carbons (Fsp3) is 0.190. The van der Waals surface area contributed by atoms with Gasteiger partial charge in [-0.25, -0.2) is 13.1 Å². The number of halogens is 1. The van der Waals surface area contributed by atoms with E-state index >= 15 is 0 Å². The second kappa shape index (κ2) is 9.11. The zero-order valence-electron chi connectivity index (χ0n) is 17.3. The van der Waals surface area contributed by atoms with E-state index in [1.54, 1.807) is 29.6 Å². The lowest BCUT2D eigenvalue weighted by Gasteiger charge is -2.12. The molecular formula is C21H20ClN5O4S. The molecule has 1 N–H and O–H groups in total. The van der Waals surface area contributed by atoms with E-state index < -0.39 is 10.0 Å². The minimum atomic E-state index is -3.78. The maximum atomic E-state index is 12.7. The van der Waals surface area contributed by atoms with E-state index in [9.17, 15) is 8.42 Å². The molecule has 0 radical (unpaired) electrons. The smallest absolute Gasteiger partial charge is 0.241 e.